The molecule has 5 aromatic heterocycles. The van der Waals surface area contributed by atoms with Crippen molar-refractivity contribution in [1.29, 1.82) is 0 Å². The Bertz CT molecular complexity index is 1590. The molecule has 35 heavy (non-hydrogen) atoms. The number of rotatable bonds is 6. The third-order valence-electron chi connectivity index (χ3n) is 5.86. The number of allylic oxidation sites excluding steroid dienone is 1. The van der Waals surface area contributed by atoms with Gasteiger partial charge >= 0.3 is 0 Å². The maximum absolute atomic E-state index is 13.5. The van der Waals surface area contributed by atoms with Crippen LogP contribution in [0.5, 0.6) is 0 Å². The molecular weight excluding hydrogens is 441 g/mol. The number of aromatic nitrogens is 6. The van der Waals surface area contributed by atoms with Crippen molar-refractivity contribution >= 4 is 22.5 Å². The highest BCUT2D eigenvalue weighted by molar-refractivity contribution is 5.87. The normalized spacial score (nSPS) is 11.7. The van der Waals surface area contributed by atoms with E-state index in [0.29, 0.717) is 11.4 Å². The monoisotopic (exact) mass is 465 g/mol. The van der Waals surface area contributed by atoms with Crippen LogP contribution in [0.1, 0.15) is 29.3 Å². The first-order valence-electron chi connectivity index (χ1n) is 11.1. The second-order valence-corrected chi connectivity index (χ2v) is 8.26. The lowest BCUT2D eigenvalue weighted by Gasteiger charge is -2.15. The Balaban J connectivity index is 1.52. The summed E-state index contributed by atoms with van der Waals surface area (Å²) in [6.07, 6.45) is 14.2. The summed E-state index contributed by atoms with van der Waals surface area (Å²) in [6, 6.07) is 7.59. The van der Waals surface area contributed by atoms with Crippen LogP contribution in [0.15, 0.2) is 80.3 Å². The number of nitrogens with zero attached hydrogens (tertiary/aromatic N) is 6. The molecule has 0 aliphatic carbocycles. The molecule has 5 rings (SSSR count). The highest BCUT2D eigenvalue weighted by Gasteiger charge is 2.14. The zero-order valence-electron chi connectivity index (χ0n) is 19.7. The van der Waals surface area contributed by atoms with Gasteiger partial charge in [0.05, 0.1) is 36.0 Å². The molecule has 0 fully saturated rings. The molecule has 0 saturated heterocycles. The second-order valence-electron chi connectivity index (χ2n) is 8.26. The zero-order valence-corrected chi connectivity index (χ0v) is 19.7. The van der Waals surface area contributed by atoms with E-state index in [0.717, 1.165) is 50.8 Å². The van der Waals surface area contributed by atoms with Gasteiger partial charge in [-0.3, -0.25) is 14.6 Å². The predicted molar refractivity (Wildman–Crippen MR) is 136 cm³/mol. The Morgan fingerprint density at radius 3 is 2.66 bits per heavy atom. The molecule has 1 N–H and O–H groups in total. The van der Waals surface area contributed by atoms with Crippen LogP contribution in [0.3, 0.4) is 0 Å². The summed E-state index contributed by atoms with van der Waals surface area (Å²) in [5, 5.41) is 11.9. The van der Waals surface area contributed by atoms with Crippen molar-refractivity contribution in [3.05, 3.63) is 108 Å². The average molecular weight is 466 g/mol. The van der Waals surface area contributed by atoms with E-state index in [1.165, 1.54) is 6.07 Å². The number of hydrogen-bond acceptors (Lipinski definition) is 5. The van der Waals surface area contributed by atoms with Gasteiger partial charge in [0.1, 0.15) is 5.82 Å². The lowest BCUT2D eigenvalue weighted by molar-refractivity contribution is 0.622. The van der Waals surface area contributed by atoms with Crippen LogP contribution in [0.25, 0.3) is 27.9 Å². The minimum Gasteiger partial charge on any atom is -0.354 e. The third kappa shape index (κ3) is 4.33. The molecule has 5 aromatic rings. The number of aryl methyl sites for hydroxylation is 2. The summed E-state index contributed by atoms with van der Waals surface area (Å²) in [5.41, 5.74) is 8.90. The lowest BCUT2D eigenvalue weighted by Crippen LogP contribution is -2.02. The minimum atomic E-state index is -0.414. The number of pyridine rings is 3. The highest BCUT2D eigenvalue weighted by atomic mass is 19.1. The molecule has 0 radical (unpaired) electrons. The summed E-state index contributed by atoms with van der Waals surface area (Å²) >= 11 is 0. The Labute approximate surface area is 202 Å². The van der Waals surface area contributed by atoms with Gasteiger partial charge in [-0.1, -0.05) is 12.7 Å². The molecule has 0 saturated carbocycles. The van der Waals surface area contributed by atoms with E-state index in [1.54, 1.807) is 17.1 Å². The second kappa shape index (κ2) is 8.98. The first-order valence-corrected chi connectivity index (χ1v) is 11.1. The van der Waals surface area contributed by atoms with Gasteiger partial charge in [-0.05, 0) is 43.2 Å². The molecule has 0 bridgehead atoms. The molecule has 7 nitrogen and oxygen atoms in total. The van der Waals surface area contributed by atoms with Gasteiger partial charge in [-0.25, -0.2) is 8.91 Å². The molecule has 174 valence electrons. The Hall–Kier alpha value is -4.59. The van der Waals surface area contributed by atoms with Gasteiger partial charge in [-0.2, -0.15) is 10.2 Å². The van der Waals surface area contributed by atoms with Crippen molar-refractivity contribution in [2.24, 2.45) is 7.05 Å². The molecule has 0 aliphatic heterocycles. The van der Waals surface area contributed by atoms with E-state index < -0.39 is 5.82 Å². The summed E-state index contributed by atoms with van der Waals surface area (Å²) in [7, 11) is 1.90. The first-order chi connectivity index (χ1) is 16.9. The van der Waals surface area contributed by atoms with Crippen LogP contribution in [-0.4, -0.2) is 29.4 Å². The number of anilines is 1. The maximum Gasteiger partial charge on any atom is 0.143 e. The van der Waals surface area contributed by atoms with Gasteiger partial charge in [-0.15, -0.1) is 0 Å². The van der Waals surface area contributed by atoms with Crippen LogP contribution in [0.2, 0.25) is 0 Å². The average Bonchev–Trinajstić information content (AvgIpc) is 3.46. The highest BCUT2D eigenvalue weighted by Crippen LogP contribution is 2.31. The van der Waals surface area contributed by atoms with E-state index in [-0.39, 0.29) is 0 Å². The van der Waals surface area contributed by atoms with Gasteiger partial charge < -0.3 is 5.32 Å². The van der Waals surface area contributed by atoms with E-state index in [1.807, 2.05) is 62.3 Å². The van der Waals surface area contributed by atoms with Crippen molar-refractivity contribution < 1.29 is 4.39 Å². The van der Waals surface area contributed by atoms with E-state index in [4.69, 9.17) is 0 Å². The van der Waals surface area contributed by atoms with Crippen molar-refractivity contribution in [1.82, 2.24) is 29.4 Å². The molecule has 0 spiro atoms. The molecule has 5 heterocycles. The number of hydrogen-bond donors (Lipinski definition) is 1. The van der Waals surface area contributed by atoms with E-state index >= 15 is 0 Å². The van der Waals surface area contributed by atoms with Crippen molar-refractivity contribution in [3.8, 4) is 11.1 Å². The van der Waals surface area contributed by atoms with Gasteiger partial charge in [0.25, 0.3) is 0 Å². The summed E-state index contributed by atoms with van der Waals surface area (Å²) in [6.45, 7) is 8.11. The summed E-state index contributed by atoms with van der Waals surface area (Å²) < 4.78 is 17.2. The first kappa shape index (κ1) is 22.2. The summed E-state index contributed by atoms with van der Waals surface area (Å²) in [5.74, 6) is -0.414. The van der Waals surface area contributed by atoms with E-state index in [9.17, 15) is 4.39 Å². The van der Waals surface area contributed by atoms with Gasteiger partial charge in [0, 0.05) is 65.3 Å². The number of fused-ring (bicyclic) bond motifs is 1. The van der Waals surface area contributed by atoms with Crippen LogP contribution in [-0.2, 0) is 7.05 Å². The Kier molecular flexibility index (Phi) is 5.70. The largest absolute Gasteiger partial charge is 0.354 e. The van der Waals surface area contributed by atoms with Crippen LogP contribution >= 0.6 is 0 Å². The third-order valence-corrected chi connectivity index (χ3v) is 5.86. The fraction of sp³-hybridized carbons (Fsp3) is 0.111. The quantitative estimate of drug-likeness (QED) is 0.358. The zero-order chi connectivity index (χ0) is 24.5. The topological polar surface area (TPSA) is 72.9 Å². The standard InChI is InChI=1S/C27H24FN7/c1-5-24(19-6-7-35-27(9-19)26(15-32-35)21-12-31-34(4)16-21)25-8-20(11-30-18(25)3)17(2)33-23-10-22(28)13-29-14-23/h5-16,33H,2H2,1,3-4H3/b24-5-. The van der Waals surface area contributed by atoms with Crippen molar-refractivity contribution in [2.45, 2.75) is 13.8 Å². The number of nitrogens with one attached hydrogen (secondary N) is 1. The minimum absolute atomic E-state index is 0.414. The molecular formula is C27H24FN7. The fourth-order valence-electron chi connectivity index (χ4n) is 4.11. The Morgan fingerprint density at radius 2 is 1.91 bits per heavy atom. The number of halogens is 1. The predicted octanol–water partition coefficient (Wildman–Crippen LogP) is 5.51. The SMILES string of the molecule is C=C(Nc1cncc(F)c1)c1cnc(C)c(/C(=C\C)c2ccn3ncc(-c4cnn(C)c4)c3c2)c1. The fourth-order valence-corrected chi connectivity index (χ4v) is 4.11. The van der Waals surface area contributed by atoms with E-state index in [2.05, 4.69) is 44.2 Å². The van der Waals surface area contributed by atoms with Crippen molar-refractivity contribution in [2.75, 3.05) is 5.32 Å². The molecule has 0 aromatic carbocycles. The van der Waals surface area contributed by atoms with Crippen molar-refractivity contribution in [3.63, 3.8) is 0 Å². The smallest absolute Gasteiger partial charge is 0.143 e. The Morgan fingerprint density at radius 1 is 1.06 bits per heavy atom. The molecule has 0 aliphatic rings. The maximum atomic E-state index is 13.5. The summed E-state index contributed by atoms with van der Waals surface area (Å²) in [4.78, 5) is 8.49. The van der Waals surface area contributed by atoms with Crippen LogP contribution < -0.4 is 5.32 Å². The molecule has 8 heteroatoms. The lowest BCUT2D eigenvalue weighted by atomic mass is 9.95. The van der Waals surface area contributed by atoms with Gasteiger partial charge in [0.2, 0.25) is 0 Å². The molecule has 0 amide bonds. The molecule has 0 unspecified atom stereocenters. The van der Waals surface area contributed by atoms with Gasteiger partial charge in [0.15, 0.2) is 0 Å². The van der Waals surface area contributed by atoms with Crippen LogP contribution in [0.4, 0.5) is 10.1 Å². The molecule has 0 atom stereocenters. The van der Waals surface area contributed by atoms with Crippen LogP contribution in [0, 0.1) is 12.7 Å².